The van der Waals surface area contributed by atoms with Crippen LogP contribution in [0.4, 0.5) is 0 Å². The number of methoxy groups -OCH3 is 4. The van der Waals surface area contributed by atoms with Crippen LogP contribution in [0.5, 0.6) is 28.7 Å². The molecule has 3 heterocycles. The van der Waals surface area contributed by atoms with Crippen LogP contribution in [-0.2, 0) is 36.1 Å². The Labute approximate surface area is 325 Å². The molecule has 15 nitrogen and oxygen atoms in total. The van der Waals surface area contributed by atoms with Gasteiger partial charge in [-0.25, -0.2) is 28.5 Å². The Balaban J connectivity index is 1.36. The van der Waals surface area contributed by atoms with E-state index in [2.05, 4.69) is 4.98 Å². The first-order chi connectivity index (χ1) is 25.6. The lowest BCUT2D eigenvalue weighted by Gasteiger charge is -2.54. The molecule has 1 fully saturated rings. The van der Waals surface area contributed by atoms with Gasteiger partial charge in [0.1, 0.15) is 25.5 Å². The lowest BCUT2D eigenvalue weighted by atomic mass is 9.59. The second-order valence-corrected chi connectivity index (χ2v) is 14.9. The van der Waals surface area contributed by atoms with Gasteiger partial charge in [-0.1, -0.05) is 29.3 Å². The van der Waals surface area contributed by atoms with Crippen molar-refractivity contribution in [3.8, 4) is 28.7 Å². The molecule has 19 heteroatoms. The third kappa shape index (κ3) is 5.08. The summed E-state index contributed by atoms with van der Waals surface area (Å²) in [5, 5.41) is 9.47. The Morgan fingerprint density at radius 3 is 2.06 bits per heavy atom. The van der Waals surface area contributed by atoms with Gasteiger partial charge in [-0.3, -0.25) is 14.4 Å². The summed E-state index contributed by atoms with van der Waals surface area (Å²) in [6.45, 7) is -0.390. The lowest BCUT2D eigenvalue weighted by molar-refractivity contribution is -0.128. The molecule has 0 saturated heterocycles. The number of phenolic OH excluding ortho intramolecular Hbond substituents is 1. The van der Waals surface area contributed by atoms with E-state index in [1.807, 2.05) is 0 Å². The maximum absolute atomic E-state index is 14.3. The highest BCUT2D eigenvalue weighted by Gasteiger charge is 2.71. The minimum absolute atomic E-state index is 0.0520. The average Bonchev–Trinajstić information content (AvgIpc) is 3.41. The highest BCUT2D eigenvalue weighted by Crippen LogP contribution is 2.64. The number of phenols is 1. The molecule has 284 valence electrons. The van der Waals surface area contributed by atoms with Crippen molar-refractivity contribution in [2.45, 2.75) is 47.6 Å². The van der Waals surface area contributed by atoms with Crippen LogP contribution >= 0.6 is 46.4 Å². The zero-order chi connectivity index (χ0) is 39.2. The zero-order valence-electron chi connectivity index (χ0n) is 29.2. The second-order valence-electron chi connectivity index (χ2n) is 12.9. The Bertz CT molecular complexity index is 2550. The fourth-order valence-corrected chi connectivity index (χ4v) is 9.28. The summed E-state index contributed by atoms with van der Waals surface area (Å²) in [5.41, 5.74) is -0.378. The van der Waals surface area contributed by atoms with Crippen LogP contribution in [0.15, 0.2) is 60.4 Å². The SMILES string of the molecule is COc1cc2nc(CCn3c(=O)n4n(c3=O)C3CC5(Cl)C(=O)C(Cl)=C(Cl)C(=O)C5(Cl)C(c5cc(OC)c(O)c(OC)c5)C3=CC4)c(=O)n(C)c2cc1OC. The standard InChI is InChI=1S/C35H31Cl4N5O10/c1-41-19-13-22(52-3)21(51-2)12-18(19)40-17(31(41)48)7-8-42-32(49)43-9-6-16-20(44(43)33(42)50)14-34(38)29(46)26(36)27(37)30(47)35(34,39)25(16)15-10-23(53-4)28(45)24(11-15)54-5/h6,10-13,20,25,45H,7-9,14H2,1-5H3. The predicted octanol–water partition coefficient (Wildman–Crippen LogP) is 3.51. The van der Waals surface area contributed by atoms with Crippen LogP contribution in [0.2, 0.25) is 0 Å². The van der Waals surface area contributed by atoms with Gasteiger partial charge in [0, 0.05) is 44.5 Å². The summed E-state index contributed by atoms with van der Waals surface area (Å²) in [6, 6.07) is 4.92. The normalized spacial score (nSPS) is 23.5. The number of hydrogen-bond donors (Lipinski definition) is 1. The van der Waals surface area contributed by atoms with E-state index < -0.39 is 66.7 Å². The first kappa shape index (κ1) is 37.6. The number of ketones is 2. The van der Waals surface area contributed by atoms with E-state index in [0.717, 1.165) is 9.25 Å². The number of hydrogen-bond acceptors (Lipinski definition) is 11. The molecule has 0 radical (unpaired) electrons. The van der Waals surface area contributed by atoms with Gasteiger partial charge in [0.25, 0.3) is 5.56 Å². The van der Waals surface area contributed by atoms with Crippen molar-refractivity contribution in [2.24, 2.45) is 7.05 Å². The lowest BCUT2D eigenvalue weighted by Crippen LogP contribution is -2.67. The number of benzene rings is 2. The van der Waals surface area contributed by atoms with Crippen LogP contribution in [0.3, 0.4) is 0 Å². The smallest absolute Gasteiger partial charge is 0.347 e. The fourth-order valence-electron chi connectivity index (χ4n) is 7.75. The summed E-state index contributed by atoms with van der Waals surface area (Å²) in [4.78, 5) is 69.6. The number of carbonyl (C=O) groups is 2. The molecule has 54 heavy (non-hydrogen) atoms. The van der Waals surface area contributed by atoms with E-state index in [4.69, 9.17) is 65.4 Å². The van der Waals surface area contributed by atoms with Crippen molar-refractivity contribution in [3.63, 3.8) is 0 Å². The van der Waals surface area contributed by atoms with Gasteiger partial charge in [-0.2, -0.15) is 0 Å². The van der Waals surface area contributed by atoms with Crippen LogP contribution in [0.25, 0.3) is 11.0 Å². The van der Waals surface area contributed by atoms with E-state index in [1.165, 1.54) is 49.8 Å². The van der Waals surface area contributed by atoms with Gasteiger partial charge in [0.05, 0.1) is 52.1 Å². The van der Waals surface area contributed by atoms with Crippen molar-refractivity contribution >= 4 is 69.0 Å². The monoisotopic (exact) mass is 821 g/mol. The van der Waals surface area contributed by atoms with Crippen molar-refractivity contribution in [1.82, 2.24) is 23.5 Å². The average molecular weight is 823 g/mol. The molecule has 1 N–H and O–H groups in total. The molecule has 2 aromatic heterocycles. The maximum atomic E-state index is 14.3. The fraction of sp³-hybridized carbons (Fsp3) is 0.371. The molecule has 4 aromatic rings. The number of halogens is 4. The topological polar surface area (TPSA) is 175 Å². The Kier molecular flexibility index (Phi) is 9.23. The van der Waals surface area contributed by atoms with Crippen LogP contribution in [0.1, 0.15) is 29.6 Å². The highest BCUT2D eigenvalue weighted by molar-refractivity contribution is 6.66. The van der Waals surface area contributed by atoms with Crippen molar-refractivity contribution in [1.29, 1.82) is 0 Å². The van der Waals surface area contributed by atoms with Gasteiger partial charge in [0.2, 0.25) is 5.75 Å². The number of alkyl halides is 2. The first-order valence-corrected chi connectivity index (χ1v) is 17.8. The molecule has 0 bridgehead atoms. The molecule has 4 atom stereocenters. The Morgan fingerprint density at radius 1 is 0.852 bits per heavy atom. The number of aryl methyl sites for hydroxylation is 2. The van der Waals surface area contributed by atoms with E-state index in [-0.39, 0.29) is 48.0 Å². The van der Waals surface area contributed by atoms with Gasteiger partial charge >= 0.3 is 11.4 Å². The number of carbonyl (C=O) groups excluding carboxylic acids is 2. The van der Waals surface area contributed by atoms with Crippen molar-refractivity contribution < 1.29 is 33.6 Å². The zero-order valence-corrected chi connectivity index (χ0v) is 32.3. The quantitative estimate of drug-likeness (QED) is 0.204. The number of rotatable bonds is 8. The minimum Gasteiger partial charge on any atom is -0.502 e. The number of aromatic hydroxyl groups is 1. The number of ether oxygens (including phenoxy) is 4. The molecular weight excluding hydrogens is 792 g/mol. The summed E-state index contributed by atoms with van der Waals surface area (Å²) in [5.74, 6) is -2.84. The molecule has 7 rings (SSSR count). The van der Waals surface area contributed by atoms with Crippen LogP contribution in [-0.4, -0.2) is 78.3 Å². The van der Waals surface area contributed by atoms with E-state index >= 15 is 0 Å². The highest BCUT2D eigenvalue weighted by atomic mass is 35.5. The maximum Gasteiger partial charge on any atom is 0.347 e. The predicted molar refractivity (Wildman–Crippen MR) is 198 cm³/mol. The molecule has 4 unspecified atom stereocenters. The molecular formula is C35H31Cl4N5O10. The van der Waals surface area contributed by atoms with Gasteiger partial charge in [-0.15, -0.1) is 23.2 Å². The van der Waals surface area contributed by atoms with Crippen LogP contribution in [0, 0.1) is 0 Å². The molecule has 2 aliphatic carbocycles. The molecule has 1 aliphatic heterocycles. The van der Waals surface area contributed by atoms with Crippen molar-refractivity contribution in [2.75, 3.05) is 28.4 Å². The number of nitrogens with zero attached hydrogens (tertiary/aromatic N) is 5. The summed E-state index contributed by atoms with van der Waals surface area (Å²) in [7, 11) is 7.11. The summed E-state index contributed by atoms with van der Waals surface area (Å²) >= 11 is 27.2. The molecule has 3 aliphatic rings. The second kappa shape index (κ2) is 13.3. The van der Waals surface area contributed by atoms with Gasteiger partial charge in [0.15, 0.2) is 34.6 Å². The minimum atomic E-state index is -2.31. The van der Waals surface area contributed by atoms with Crippen LogP contribution < -0.4 is 35.9 Å². The van der Waals surface area contributed by atoms with Crippen molar-refractivity contribution in [3.05, 3.63) is 88.6 Å². The Hall–Kier alpha value is -4.70. The first-order valence-electron chi connectivity index (χ1n) is 16.3. The van der Waals surface area contributed by atoms with E-state index in [0.29, 0.717) is 28.1 Å². The molecule has 1 saturated carbocycles. The third-order valence-electron chi connectivity index (χ3n) is 10.4. The van der Waals surface area contributed by atoms with E-state index in [9.17, 15) is 29.1 Å². The third-order valence-corrected chi connectivity index (χ3v) is 12.7. The molecule has 0 amide bonds. The number of allylic oxidation sites excluding steroid dienone is 4. The largest absolute Gasteiger partial charge is 0.502 e. The Morgan fingerprint density at radius 2 is 1.44 bits per heavy atom. The number of fused-ring (bicyclic) bond motifs is 5. The molecule has 0 spiro atoms. The van der Waals surface area contributed by atoms with Gasteiger partial charge < -0.3 is 28.6 Å². The van der Waals surface area contributed by atoms with Gasteiger partial charge in [-0.05, 0) is 23.3 Å². The van der Waals surface area contributed by atoms with E-state index in [1.54, 1.807) is 25.3 Å². The molecule has 2 aromatic carbocycles. The number of aromatic nitrogens is 5. The summed E-state index contributed by atoms with van der Waals surface area (Å²) < 4.78 is 26.2. The summed E-state index contributed by atoms with van der Waals surface area (Å²) in [6.07, 6.45) is 1.08. The number of Topliss-reactive ketones (excluding diaryl/α,β-unsaturated/α-hetero) is 2.